The molecule has 2 amide bonds. The fourth-order valence-electron chi connectivity index (χ4n) is 1.92. The summed E-state index contributed by atoms with van der Waals surface area (Å²) in [7, 11) is 0. The summed E-state index contributed by atoms with van der Waals surface area (Å²) in [6.07, 6.45) is 0.918. The van der Waals surface area contributed by atoms with Crippen molar-refractivity contribution in [1.29, 1.82) is 0 Å². The number of halogens is 1. The Morgan fingerprint density at radius 1 is 1.50 bits per heavy atom. The van der Waals surface area contributed by atoms with E-state index in [0.29, 0.717) is 19.4 Å². The number of nitro benzene ring substituents is 1. The minimum Gasteiger partial charge on any atom is -0.354 e. The van der Waals surface area contributed by atoms with Crippen LogP contribution in [0.5, 0.6) is 0 Å². The van der Waals surface area contributed by atoms with E-state index in [1.165, 1.54) is 12.1 Å². The first-order valence-corrected chi connectivity index (χ1v) is 6.36. The molecule has 1 unspecified atom stereocenters. The molecule has 1 atom stereocenters. The lowest BCUT2D eigenvalue weighted by Gasteiger charge is -2.23. The van der Waals surface area contributed by atoms with Gasteiger partial charge in [0.2, 0.25) is 5.91 Å². The van der Waals surface area contributed by atoms with E-state index < -0.39 is 10.8 Å². The second-order valence-corrected chi connectivity index (χ2v) is 4.84. The second-order valence-electron chi connectivity index (χ2n) is 4.43. The topological polar surface area (TPSA) is 101 Å². The molecule has 0 aliphatic carbocycles. The van der Waals surface area contributed by atoms with Gasteiger partial charge < -0.3 is 10.6 Å². The van der Waals surface area contributed by atoms with E-state index in [9.17, 15) is 19.7 Å². The molecule has 0 aromatic heterocycles. The predicted molar refractivity (Wildman–Crippen MR) is 71.6 cm³/mol. The number of benzene rings is 1. The Bertz CT molecular complexity index is 566. The van der Waals surface area contributed by atoms with Gasteiger partial charge in [0, 0.05) is 31.1 Å². The van der Waals surface area contributed by atoms with Crippen LogP contribution in [0.3, 0.4) is 0 Å². The van der Waals surface area contributed by atoms with Crippen molar-refractivity contribution in [2.75, 3.05) is 6.54 Å². The van der Waals surface area contributed by atoms with Crippen LogP contribution < -0.4 is 10.6 Å². The Morgan fingerprint density at radius 3 is 2.80 bits per heavy atom. The van der Waals surface area contributed by atoms with Crippen LogP contribution >= 0.6 is 11.6 Å². The van der Waals surface area contributed by atoms with Gasteiger partial charge in [-0.15, -0.1) is 0 Å². The van der Waals surface area contributed by atoms with Gasteiger partial charge in [-0.05, 0) is 12.5 Å². The molecule has 7 nitrogen and oxygen atoms in total. The van der Waals surface area contributed by atoms with Gasteiger partial charge in [-0.2, -0.15) is 0 Å². The number of carbonyl (C=O) groups is 2. The van der Waals surface area contributed by atoms with Crippen molar-refractivity contribution in [3.8, 4) is 0 Å². The Labute approximate surface area is 119 Å². The summed E-state index contributed by atoms with van der Waals surface area (Å²) in [5, 5.41) is 16.0. The quantitative estimate of drug-likeness (QED) is 0.647. The first-order chi connectivity index (χ1) is 9.47. The van der Waals surface area contributed by atoms with E-state index >= 15 is 0 Å². The third-order valence-corrected chi connectivity index (χ3v) is 3.32. The van der Waals surface area contributed by atoms with E-state index in [-0.39, 0.29) is 28.2 Å². The van der Waals surface area contributed by atoms with Crippen LogP contribution in [0, 0.1) is 10.1 Å². The molecule has 8 heteroatoms. The number of piperidine rings is 1. The van der Waals surface area contributed by atoms with E-state index in [4.69, 9.17) is 11.6 Å². The highest BCUT2D eigenvalue weighted by atomic mass is 35.5. The molecule has 106 valence electrons. The smallest absolute Gasteiger partial charge is 0.270 e. The lowest BCUT2D eigenvalue weighted by molar-refractivity contribution is -0.384. The fourth-order valence-corrected chi connectivity index (χ4v) is 2.18. The van der Waals surface area contributed by atoms with Gasteiger partial charge in [-0.3, -0.25) is 19.7 Å². The number of amides is 2. The minimum absolute atomic E-state index is 0.0246. The van der Waals surface area contributed by atoms with E-state index in [1.807, 2.05) is 0 Å². The zero-order valence-electron chi connectivity index (χ0n) is 10.4. The summed E-state index contributed by atoms with van der Waals surface area (Å²) in [5.41, 5.74) is 0.00523. The van der Waals surface area contributed by atoms with Gasteiger partial charge in [0.1, 0.15) is 0 Å². The Morgan fingerprint density at radius 2 is 2.25 bits per heavy atom. The standard InChI is InChI=1S/C12H12ClN3O4/c13-10-5-8(16(19)20)2-3-9(10)12(18)15-7-1-4-11(17)14-6-7/h2-3,5,7H,1,4,6H2,(H,14,17)(H,15,18). The predicted octanol–water partition coefficient (Wildman–Crippen LogP) is 1.26. The molecular formula is C12H12ClN3O4. The van der Waals surface area contributed by atoms with Crippen molar-refractivity contribution >= 4 is 29.1 Å². The van der Waals surface area contributed by atoms with Crippen LogP contribution in [0.2, 0.25) is 5.02 Å². The zero-order chi connectivity index (χ0) is 14.7. The number of rotatable bonds is 3. The molecule has 1 fully saturated rings. The van der Waals surface area contributed by atoms with E-state index in [0.717, 1.165) is 6.07 Å². The molecule has 1 aromatic rings. The number of nitrogens with zero attached hydrogens (tertiary/aromatic N) is 1. The van der Waals surface area contributed by atoms with Crippen LogP contribution in [0.4, 0.5) is 5.69 Å². The molecule has 1 heterocycles. The first-order valence-electron chi connectivity index (χ1n) is 5.99. The summed E-state index contributed by atoms with van der Waals surface area (Å²) in [4.78, 5) is 33.0. The fraction of sp³-hybridized carbons (Fsp3) is 0.333. The molecule has 0 saturated carbocycles. The van der Waals surface area contributed by atoms with Crippen molar-refractivity contribution in [2.24, 2.45) is 0 Å². The van der Waals surface area contributed by atoms with Gasteiger partial charge in [0.15, 0.2) is 0 Å². The van der Waals surface area contributed by atoms with Gasteiger partial charge in [-0.1, -0.05) is 11.6 Å². The largest absolute Gasteiger partial charge is 0.354 e. The van der Waals surface area contributed by atoms with Crippen molar-refractivity contribution in [3.63, 3.8) is 0 Å². The highest BCUT2D eigenvalue weighted by Crippen LogP contribution is 2.22. The number of carbonyl (C=O) groups excluding carboxylic acids is 2. The van der Waals surface area contributed by atoms with Gasteiger partial charge >= 0.3 is 0 Å². The summed E-state index contributed by atoms with van der Waals surface area (Å²) in [6.45, 7) is 0.370. The molecule has 2 N–H and O–H groups in total. The Hall–Kier alpha value is -2.15. The van der Waals surface area contributed by atoms with Crippen molar-refractivity contribution in [3.05, 3.63) is 38.9 Å². The van der Waals surface area contributed by atoms with Crippen LogP contribution in [0.15, 0.2) is 18.2 Å². The summed E-state index contributed by atoms with van der Waals surface area (Å²) in [5.74, 6) is -0.449. The number of nitrogens with one attached hydrogen (secondary N) is 2. The lowest BCUT2D eigenvalue weighted by Crippen LogP contribution is -2.47. The lowest BCUT2D eigenvalue weighted by atomic mass is 10.1. The normalized spacial score (nSPS) is 18.2. The number of non-ortho nitro benzene ring substituents is 1. The van der Waals surface area contributed by atoms with Crippen molar-refractivity contribution in [2.45, 2.75) is 18.9 Å². The van der Waals surface area contributed by atoms with Crippen molar-refractivity contribution < 1.29 is 14.5 Å². The van der Waals surface area contributed by atoms with Crippen LogP contribution in [-0.2, 0) is 4.79 Å². The zero-order valence-corrected chi connectivity index (χ0v) is 11.1. The molecule has 0 bridgehead atoms. The molecule has 2 rings (SSSR count). The average molecular weight is 298 g/mol. The highest BCUT2D eigenvalue weighted by molar-refractivity contribution is 6.34. The molecule has 0 radical (unpaired) electrons. The summed E-state index contributed by atoms with van der Waals surface area (Å²) in [6, 6.07) is 3.52. The SMILES string of the molecule is O=C1CCC(NC(=O)c2ccc([N+](=O)[O-])cc2Cl)CN1. The maximum absolute atomic E-state index is 12.0. The average Bonchev–Trinajstić information content (AvgIpc) is 2.41. The molecule has 1 saturated heterocycles. The Balaban J connectivity index is 2.06. The molecule has 0 spiro atoms. The third kappa shape index (κ3) is 3.24. The molecule has 1 aliphatic rings. The van der Waals surface area contributed by atoms with Gasteiger partial charge in [-0.25, -0.2) is 0 Å². The maximum atomic E-state index is 12.0. The number of nitro groups is 1. The first kappa shape index (κ1) is 14.3. The highest BCUT2D eigenvalue weighted by Gasteiger charge is 2.22. The third-order valence-electron chi connectivity index (χ3n) is 3.01. The van der Waals surface area contributed by atoms with Crippen LogP contribution in [0.25, 0.3) is 0 Å². The van der Waals surface area contributed by atoms with E-state index in [1.54, 1.807) is 0 Å². The second kappa shape index (κ2) is 5.87. The van der Waals surface area contributed by atoms with E-state index in [2.05, 4.69) is 10.6 Å². The maximum Gasteiger partial charge on any atom is 0.270 e. The minimum atomic E-state index is -0.579. The summed E-state index contributed by atoms with van der Waals surface area (Å²) < 4.78 is 0. The molecule has 20 heavy (non-hydrogen) atoms. The summed E-state index contributed by atoms with van der Waals surface area (Å²) >= 11 is 5.87. The molecule has 1 aromatic carbocycles. The van der Waals surface area contributed by atoms with Crippen LogP contribution in [0.1, 0.15) is 23.2 Å². The Kier molecular flexibility index (Phi) is 4.19. The van der Waals surface area contributed by atoms with Gasteiger partial charge in [0.05, 0.1) is 15.5 Å². The monoisotopic (exact) mass is 297 g/mol. The number of hydrogen-bond acceptors (Lipinski definition) is 4. The molecule has 1 aliphatic heterocycles. The van der Waals surface area contributed by atoms with Crippen molar-refractivity contribution in [1.82, 2.24) is 10.6 Å². The molecular weight excluding hydrogens is 286 g/mol. The van der Waals surface area contributed by atoms with Crippen LogP contribution in [-0.4, -0.2) is 29.3 Å². The van der Waals surface area contributed by atoms with Gasteiger partial charge in [0.25, 0.3) is 11.6 Å². The number of hydrogen-bond donors (Lipinski definition) is 2.